The Labute approximate surface area is 239 Å². The molecule has 198 valence electrons. The molecule has 0 amide bonds. The molecule has 0 aromatic heterocycles. The fraction of sp³-hybridized carbons (Fsp3) is 0.250. The van der Waals surface area contributed by atoms with E-state index in [9.17, 15) is 10.1 Å². The molecule has 2 aliphatic rings. The number of ketones is 1. The Kier molecular flexibility index (Phi) is 7.44. The zero-order valence-electron chi connectivity index (χ0n) is 22.1. The average molecular weight is 559 g/mol. The van der Waals surface area contributed by atoms with Gasteiger partial charge in [0.2, 0.25) is 0 Å². The third kappa shape index (κ3) is 5.03. The van der Waals surface area contributed by atoms with E-state index in [1.807, 2.05) is 56.0 Å². The van der Waals surface area contributed by atoms with Crippen LogP contribution in [0.1, 0.15) is 53.0 Å². The van der Waals surface area contributed by atoms with Crippen molar-refractivity contribution < 1.29 is 9.53 Å². The molecule has 0 saturated carbocycles. The van der Waals surface area contributed by atoms with Crippen molar-refractivity contribution >= 4 is 34.7 Å². The molecule has 5 rings (SSSR count). The third-order valence-corrected chi connectivity index (χ3v) is 8.03. The maximum atomic E-state index is 13.6. The number of carbonyl (C=O) groups excluding carboxylic acids is 1. The van der Waals surface area contributed by atoms with Gasteiger partial charge in [-0.25, -0.2) is 0 Å². The van der Waals surface area contributed by atoms with Crippen LogP contribution in [0.3, 0.4) is 0 Å². The lowest BCUT2D eigenvalue weighted by atomic mass is 9.73. The number of Topliss-reactive ketones (excluding diaryl/α,β-unsaturated/α-hetero) is 1. The van der Waals surface area contributed by atoms with Gasteiger partial charge in [0.1, 0.15) is 18.2 Å². The molecule has 1 aliphatic heterocycles. The van der Waals surface area contributed by atoms with Crippen molar-refractivity contribution in [1.29, 1.82) is 5.26 Å². The first-order chi connectivity index (χ1) is 18.7. The molecule has 3 aromatic rings. The number of hydrogen-bond donors (Lipinski definition) is 1. The second-order valence-corrected chi connectivity index (χ2v) is 11.0. The fourth-order valence-electron chi connectivity index (χ4n) is 5.60. The monoisotopic (exact) mass is 557 g/mol. The SMILES string of the molecule is Cc1cc(COc2ccc(Cl)cc2)c(C)c(C2C(C#N)=C(N)N(c3cc(Cl)ccc3C)C3=C2C(=O)CCC3)c1. The van der Waals surface area contributed by atoms with Gasteiger partial charge in [0.15, 0.2) is 5.78 Å². The minimum atomic E-state index is -0.553. The number of nitrogens with zero attached hydrogens (tertiary/aromatic N) is 2. The first-order valence-electron chi connectivity index (χ1n) is 12.9. The van der Waals surface area contributed by atoms with Crippen molar-refractivity contribution in [3.63, 3.8) is 0 Å². The van der Waals surface area contributed by atoms with Gasteiger partial charge in [0.25, 0.3) is 0 Å². The van der Waals surface area contributed by atoms with Gasteiger partial charge in [0, 0.05) is 27.7 Å². The molecule has 3 aromatic carbocycles. The Bertz CT molecular complexity index is 1580. The Morgan fingerprint density at radius 3 is 2.46 bits per heavy atom. The summed E-state index contributed by atoms with van der Waals surface area (Å²) in [5.74, 6) is 0.538. The Morgan fingerprint density at radius 1 is 1.03 bits per heavy atom. The molecule has 7 heteroatoms. The number of ether oxygens (including phenoxy) is 1. The van der Waals surface area contributed by atoms with Crippen LogP contribution >= 0.6 is 23.2 Å². The molecule has 0 bridgehead atoms. The lowest BCUT2D eigenvalue weighted by molar-refractivity contribution is -0.116. The predicted octanol–water partition coefficient (Wildman–Crippen LogP) is 7.80. The van der Waals surface area contributed by atoms with Crippen LogP contribution in [0.2, 0.25) is 10.0 Å². The number of benzene rings is 3. The second-order valence-electron chi connectivity index (χ2n) is 10.1. The maximum absolute atomic E-state index is 13.6. The van der Waals surface area contributed by atoms with Crippen LogP contribution in [0.4, 0.5) is 5.69 Å². The second kappa shape index (κ2) is 10.8. The van der Waals surface area contributed by atoms with Crippen molar-refractivity contribution in [2.24, 2.45) is 5.73 Å². The van der Waals surface area contributed by atoms with Crippen molar-refractivity contribution in [1.82, 2.24) is 0 Å². The van der Waals surface area contributed by atoms with E-state index in [0.29, 0.717) is 52.2 Å². The highest BCUT2D eigenvalue weighted by molar-refractivity contribution is 6.31. The molecule has 1 heterocycles. The number of nitrogens with two attached hydrogens (primary N) is 1. The van der Waals surface area contributed by atoms with E-state index in [0.717, 1.165) is 45.6 Å². The molecular formula is C32H29Cl2N3O2. The molecule has 39 heavy (non-hydrogen) atoms. The standard InChI is InChI=1S/C32H29Cl2N3O2/c1-18-13-21(17-39-24-11-9-22(33)10-12-24)20(3)25(14-18)30-26(16-35)32(36)37(27-5-4-6-29(38)31(27)30)28-15-23(34)8-7-19(28)2/h7-15,30H,4-6,17,36H2,1-3H3. The van der Waals surface area contributed by atoms with Crippen LogP contribution < -0.4 is 15.4 Å². The van der Waals surface area contributed by atoms with Crippen molar-refractivity contribution in [2.45, 2.75) is 52.6 Å². The number of anilines is 1. The highest BCUT2D eigenvalue weighted by Gasteiger charge is 2.41. The van der Waals surface area contributed by atoms with Crippen LogP contribution in [0.15, 0.2) is 77.3 Å². The molecule has 2 N–H and O–H groups in total. The first-order valence-corrected chi connectivity index (χ1v) is 13.7. The third-order valence-electron chi connectivity index (χ3n) is 7.54. The zero-order valence-corrected chi connectivity index (χ0v) is 23.7. The van der Waals surface area contributed by atoms with E-state index in [2.05, 4.69) is 18.2 Å². The largest absolute Gasteiger partial charge is 0.489 e. The van der Waals surface area contributed by atoms with Gasteiger partial charge in [-0.05, 0) is 92.3 Å². The zero-order chi connectivity index (χ0) is 27.8. The van der Waals surface area contributed by atoms with Gasteiger partial charge in [0.05, 0.1) is 23.2 Å². The van der Waals surface area contributed by atoms with E-state index in [1.165, 1.54) is 0 Å². The molecule has 1 unspecified atom stereocenters. The minimum absolute atomic E-state index is 0.0473. The molecule has 5 nitrogen and oxygen atoms in total. The van der Waals surface area contributed by atoms with Gasteiger partial charge in [-0.3, -0.25) is 9.69 Å². The van der Waals surface area contributed by atoms with E-state index < -0.39 is 5.92 Å². The van der Waals surface area contributed by atoms with Crippen LogP contribution in [-0.2, 0) is 11.4 Å². The van der Waals surface area contributed by atoms with Gasteiger partial charge in [-0.2, -0.15) is 5.26 Å². The molecule has 0 radical (unpaired) electrons. The van der Waals surface area contributed by atoms with Gasteiger partial charge in [-0.1, -0.05) is 47.0 Å². The number of carbonyl (C=O) groups is 1. The molecule has 0 spiro atoms. The number of aryl methyl sites for hydroxylation is 2. The summed E-state index contributed by atoms with van der Waals surface area (Å²) in [7, 11) is 0. The average Bonchev–Trinajstić information content (AvgIpc) is 2.91. The normalized spacial score (nSPS) is 17.3. The highest BCUT2D eigenvalue weighted by atomic mass is 35.5. The Morgan fingerprint density at radius 2 is 1.74 bits per heavy atom. The Balaban J connectivity index is 1.65. The van der Waals surface area contributed by atoms with Crippen LogP contribution in [-0.4, -0.2) is 5.78 Å². The van der Waals surface area contributed by atoms with Crippen molar-refractivity contribution in [3.8, 4) is 11.8 Å². The molecule has 1 aliphatic carbocycles. The van der Waals surface area contributed by atoms with Crippen LogP contribution in [0.25, 0.3) is 0 Å². The molecular weight excluding hydrogens is 529 g/mol. The van der Waals surface area contributed by atoms with E-state index in [1.54, 1.807) is 12.1 Å². The van der Waals surface area contributed by atoms with E-state index in [-0.39, 0.29) is 5.78 Å². The summed E-state index contributed by atoms with van der Waals surface area (Å²) in [4.78, 5) is 15.5. The predicted molar refractivity (Wildman–Crippen MR) is 156 cm³/mol. The topological polar surface area (TPSA) is 79.3 Å². The summed E-state index contributed by atoms with van der Waals surface area (Å²) >= 11 is 12.4. The summed E-state index contributed by atoms with van der Waals surface area (Å²) < 4.78 is 6.07. The van der Waals surface area contributed by atoms with Gasteiger partial charge >= 0.3 is 0 Å². The van der Waals surface area contributed by atoms with E-state index in [4.69, 9.17) is 33.7 Å². The van der Waals surface area contributed by atoms with Crippen LogP contribution in [0, 0.1) is 32.1 Å². The number of halogens is 2. The summed E-state index contributed by atoms with van der Waals surface area (Å²) in [5, 5.41) is 11.7. The smallest absolute Gasteiger partial charge is 0.161 e. The Hall–Kier alpha value is -3.72. The summed E-state index contributed by atoms with van der Waals surface area (Å²) in [5.41, 5.74) is 14.2. The number of nitriles is 1. The highest BCUT2D eigenvalue weighted by Crippen LogP contribution is 2.48. The maximum Gasteiger partial charge on any atom is 0.161 e. The fourth-order valence-corrected chi connectivity index (χ4v) is 5.89. The molecule has 1 atom stereocenters. The lowest BCUT2D eigenvalue weighted by Crippen LogP contribution is -2.39. The minimum Gasteiger partial charge on any atom is -0.489 e. The van der Waals surface area contributed by atoms with Gasteiger partial charge < -0.3 is 10.5 Å². The number of rotatable bonds is 5. The van der Waals surface area contributed by atoms with E-state index >= 15 is 0 Å². The number of allylic oxidation sites excluding steroid dienone is 3. The number of hydrogen-bond acceptors (Lipinski definition) is 5. The van der Waals surface area contributed by atoms with Crippen molar-refractivity contribution in [2.75, 3.05) is 4.90 Å². The summed E-state index contributed by atoms with van der Waals surface area (Å²) in [6.07, 6.45) is 1.84. The summed E-state index contributed by atoms with van der Waals surface area (Å²) in [6.45, 7) is 6.33. The van der Waals surface area contributed by atoms with Crippen molar-refractivity contribution in [3.05, 3.63) is 115 Å². The molecule has 0 fully saturated rings. The summed E-state index contributed by atoms with van der Waals surface area (Å²) in [6, 6.07) is 19.3. The molecule has 0 saturated heterocycles. The van der Waals surface area contributed by atoms with Crippen LogP contribution in [0.5, 0.6) is 5.75 Å². The van der Waals surface area contributed by atoms with Gasteiger partial charge in [-0.15, -0.1) is 0 Å². The lowest BCUT2D eigenvalue weighted by Gasteiger charge is -2.40. The first kappa shape index (κ1) is 26.9. The quantitative estimate of drug-likeness (QED) is 0.346.